The molecule has 8 heteroatoms. The Balaban J connectivity index is 1.47. The highest BCUT2D eigenvalue weighted by Gasteiger charge is 2.32. The first-order valence-corrected chi connectivity index (χ1v) is 12.6. The van der Waals surface area contributed by atoms with Gasteiger partial charge >= 0.3 is 5.97 Å². The van der Waals surface area contributed by atoms with Gasteiger partial charge in [0.25, 0.3) is 5.91 Å². The van der Waals surface area contributed by atoms with Gasteiger partial charge in [-0.1, -0.05) is 30.3 Å². The van der Waals surface area contributed by atoms with E-state index in [2.05, 4.69) is 28.7 Å². The quantitative estimate of drug-likeness (QED) is 0.329. The minimum atomic E-state index is -1.02. The van der Waals surface area contributed by atoms with Crippen LogP contribution in [0.4, 0.5) is 11.5 Å². The zero-order valence-electron chi connectivity index (χ0n) is 22.2. The van der Waals surface area contributed by atoms with Crippen LogP contribution in [0.25, 0.3) is 22.6 Å². The number of benzene rings is 2. The van der Waals surface area contributed by atoms with Crippen molar-refractivity contribution in [1.82, 2.24) is 14.5 Å². The van der Waals surface area contributed by atoms with Crippen molar-refractivity contribution in [3.8, 4) is 22.6 Å². The lowest BCUT2D eigenvalue weighted by atomic mass is 9.83. The summed E-state index contributed by atoms with van der Waals surface area (Å²) in [6.07, 6.45) is 3.69. The molecule has 8 nitrogen and oxygen atoms in total. The lowest BCUT2D eigenvalue weighted by Gasteiger charge is -2.22. The fourth-order valence-electron chi connectivity index (χ4n) is 4.79. The predicted molar refractivity (Wildman–Crippen MR) is 148 cm³/mol. The third-order valence-electron chi connectivity index (χ3n) is 7.24. The first kappa shape index (κ1) is 25.2. The summed E-state index contributed by atoms with van der Waals surface area (Å²) in [6, 6.07) is 17.4. The summed E-state index contributed by atoms with van der Waals surface area (Å²) >= 11 is 0. The van der Waals surface area contributed by atoms with E-state index in [1.165, 1.54) is 0 Å². The Kier molecular flexibility index (Phi) is 6.26. The zero-order chi connectivity index (χ0) is 27.2. The molecule has 1 amide bonds. The number of carbonyl (C=O) groups excluding carboxylic acids is 1. The third kappa shape index (κ3) is 4.22. The van der Waals surface area contributed by atoms with Gasteiger partial charge in [0.2, 0.25) is 0 Å². The Bertz CT molecular complexity index is 1550. The van der Waals surface area contributed by atoms with Gasteiger partial charge in [-0.05, 0) is 68.7 Å². The second-order valence-electron chi connectivity index (χ2n) is 10.3. The number of carboxylic acids is 1. The molecule has 1 aliphatic rings. The lowest BCUT2D eigenvalue weighted by Crippen LogP contribution is -2.28. The van der Waals surface area contributed by atoms with Gasteiger partial charge in [-0.3, -0.25) is 14.5 Å². The van der Waals surface area contributed by atoms with Crippen LogP contribution in [0.5, 0.6) is 0 Å². The number of fused-ring (bicyclic) bond motifs is 1. The van der Waals surface area contributed by atoms with Gasteiger partial charge < -0.3 is 15.0 Å². The van der Waals surface area contributed by atoms with Crippen LogP contribution in [-0.2, 0) is 16.8 Å². The summed E-state index contributed by atoms with van der Waals surface area (Å²) in [5, 5.41) is 12.8. The summed E-state index contributed by atoms with van der Waals surface area (Å²) in [6.45, 7) is 7.99. The Morgan fingerprint density at radius 1 is 1.08 bits per heavy atom. The molecule has 38 heavy (non-hydrogen) atoms. The maximum absolute atomic E-state index is 13.6. The van der Waals surface area contributed by atoms with Crippen LogP contribution in [0.2, 0.25) is 0 Å². The van der Waals surface area contributed by atoms with E-state index in [1.54, 1.807) is 32.0 Å². The normalized spacial score (nSPS) is 13.2. The Morgan fingerprint density at radius 2 is 1.87 bits per heavy atom. The van der Waals surface area contributed by atoms with Crippen LogP contribution < -0.4 is 10.2 Å². The number of anilines is 2. The summed E-state index contributed by atoms with van der Waals surface area (Å²) in [5.41, 5.74) is 4.54. The van der Waals surface area contributed by atoms with Crippen molar-refractivity contribution in [2.24, 2.45) is 0 Å². The van der Waals surface area contributed by atoms with Gasteiger partial charge in [-0.25, -0.2) is 9.97 Å². The van der Waals surface area contributed by atoms with Crippen molar-refractivity contribution >= 4 is 23.4 Å². The first-order chi connectivity index (χ1) is 18.1. The fraction of sp³-hybridized carbons (Fsp3) is 0.267. The highest BCUT2D eigenvalue weighted by Crippen LogP contribution is 2.36. The minimum absolute atomic E-state index is 0.103. The SMILES string of the molecule is CNc1cc(C(C)(C)C(=O)O)ccc1-c1ccc2c(c1)C(=O)N(c1cccc(-c3nccn3C(C)C)n1)C2. The van der Waals surface area contributed by atoms with E-state index in [4.69, 9.17) is 4.98 Å². The van der Waals surface area contributed by atoms with E-state index in [0.29, 0.717) is 29.2 Å². The number of aliphatic carboxylic acids is 1. The maximum atomic E-state index is 13.6. The van der Waals surface area contributed by atoms with E-state index in [-0.39, 0.29) is 11.9 Å². The van der Waals surface area contributed by atoms with Crippen LogP contribution in [0, 0.1) is 0 Å². The first-order valence-electron chi connectivity index (χ1n) is 12.6. The molecular weight excluding hydrogens is 478 g/mol. The average molecular weight is 510 g/mol. The smallest absolute Gasteiger partial charge is 0.313 e. The monoisotopic (exact) mass is 509 g/mol. The number of carbonyl (C=O) groups is 2. The van der Waals surface area contributed by atoms with E-state index in [9.17, 15) is 14.7 Å². The molecule has 0 bridgehead atoms. The molecular formula is C30H31N5O3. The van der Waals surface area contributed by atoms with E-state index in [1.807, 2.05) is 60.8 Å². The molecule has 2 aromatic carbocycles. The number of nitrogens with zero attached hydrogens (tertiary/aromatic N) is 4. The molecule has 1 aliphatic heterocycles. The second kappa shape index (κ2) is 9.45. The molecule has 0 spiro atoms. The van der Waals surface area contributed by atoms with Crippen LogP contribution in [0.1, 0.15) is 55.2 Å². The lowest BCUT2D eigenvalue weighted by molar-refractivity contribution is -0.142. The van der Waals surface area contributed by atoms with Crippen molar-refractivity contribution in [1.29, 1.82) is 0 Å². The molecule has 0 saturated carbocycles. The standard InChI is InChI=1S/C30H31N5O3/c1-18(2)34-14-13-32-27(34)24-7-6-8-26(33-24)35-17-20-10-9-19(15-23(20)28(35)36)22-12-11-21(16-25(22)31-5)30(3,4)29(37)38/h6-16,18,31H,17H2,1-5H3,(H,37,38). The molecule has 0 unspecified atom stereocenters. The summed E-state index contributed by atoms with van der Waals surface area (Å²) < 4.78 is 2.06. The molecule has 0 fully saturated rings. The average Bonchev–Trinajstić information content (AvgIpc) is 3.53. The van der Waals surface area contributed by atoms with Gasteiger partial charge in [-0.15, -0.1) is 0 Å². The van der Waals surface area contributed by atoms with Crippen LogP contribution in [0.3, 0.4) is 0 Å². The topological polar surface area (TPSA) is 100 Å². The van der Waals surface area contributed by atoms with E-state index in [0.717, 1.165) is 28.2 Å². The molecule has 0 atom stereocenters. The van der Waals surface area contributed by atoms with E-state index >= 15 is 0 Å². The largest absolute Gasteiger partial charge is 0.481 e. The van der Waals surface area contributed by atoms with Gasteiger partial charge in [0.1, 0.15) is 11.5 Å². The van der Waals surface area contributed by atoms with Crippen LogP contribution >= 0.6 is 0 Å². The second-order valence-corrected chi connectivity index (χ2v) is 10.3. The predicted octanol–water partition coefficient (Wildman–Crippen LogP) is 5.76. The van der Waals surface area contributed by atoms with Crippen molar-refractivity contribution in [2.75, 3.05) is 17.3 Å². The highest BCUT2D eigenvalue weighted by atomic mass is 16.4. The summed E-state index contributed by atoms with van der Waals surface area (Å²) in [5.74, 6) is 0.358. The number of imidazole rings is 1. The molecule has 3 heterocycles. The highest BCUT2D eigenvalue weighted by molar-refractivity contribution is 6.10. The summed E-state index contributed by atoms with van der Waals surface area (Å²) in [7, 11) is 1.81. The van der Waals surface area contributed by atoms with E-state index < -0.39 is 11.4 Å². The van der Waals surface area contributed by atoms with Crippen molar-refractivity contribution in [2.45, 2.75) is 45.7 Å². The number of aromatic nitrogens is 3. The number of rotatable bonds is 7. The Morgan fingerprint density at radius 3 is 2.58 bits per heavy atom. The number of hydrogen-bond donors (Lipinski definition) is 2. The number of hydrogen-bond acceptors (Lipinski definition) is 5. The Hall–Kier alpha value is -4.46. The van der Waals surface area contributed by atoms with Gasteiger partial charge in [0.15, 0.2) is 5.82 Å². The van der Waals surface area contributed by atoms with Crippen LogP contribution in [0.15, 0.2) is 67.0 Å². The molecule has 4 aromatic rings. The van der Waals surface area contributed by atoms with Gasteiger partial charge in [0, 0.05) is 42.3 Å². The third-order valence-corrected chi connectivity index (χ3v) is 7.24. The zero-order valence-corrected chi connectivity index (χ0v) is 22.2. The number of amides is 1. The fourth-order valence-corrected chi connectivity index (χ4v) is 4.79. The molecule has 2 aromatic heterocycles. The van der Waals surface area contributed by atoms with Crippen LogP contribution in [-0.4, -0.2) is 38.6 Å². The summed E-state index contributed by atoms with van der Waals surface area (Å²) in [4.78, 5) is 36.3. The van der Waals surface area contributed by atoms with Crippen molar-refractivity contribution < 1.29 is 14.7 Å². The maximum Gasteiger partial charge on any atom is 0.313 e. The number of nitrogens with one attached hydrogen (secondary N) is 1. The molecule has 0 aliphatic carbocycles. The van der Waals surface area contributed by atoms with Gasteiger partial charge in [0.05, 0.1) is 12.0 Å². The Labute approximate surface area is 222 Å². The molecule has 2 N–H and O–H groups in total. The molecule has 5 rings (SSSR count). The number of carboxylic acid groups (broad SMARTS) is 1. The van der Waals surface area contributed by atoms with Crippen molar-refractivity contribution in [3.05, 3.63) is 83.7 Å². The molecule has 0 saturated heterocycles. The van der Waals surface area contributed by atoms with Crippen molar-refractivity contribution in [3.63, 3.8) is 0 Å². The minimum Gasteiger partial charge on any atom is -0.481 e. The molecule has 0 radical (unpaired) electrons. The van der Waals surface area contributed by atoms with Gasteiger partial charge in [-0.2, -0.15) is 0 Å². The number of pyridine rings is 1. The molecule has 194 valence electrons.